The fourth-order valence-electron chi connectivity index (χ4n) is 10.1. The van der Waals surface area contributed by atoms with Gasteiger partial charge >= 0.3 is 41.8 Å². The van der Waals surface area contributed by atoms with Gasteiger partial charge in [0.1, 0.15) is 30.5 Å². The molecule has 21 heteroatoms. The predicted octanol–water partition coefficient (Wildman–Crippen LogP) is 6.21. The molecule has 77 heavy (non-hydrogen) atoms. The first-order valence-corrected chi connectivity index (χ1v) is 25.9. The van der Waals surface area contributed by atoms with Gasteiger partial charge in [0.05, 0.1) is 36.9 Å². The van der Waals surface area contributed by atoms with Crippen LogP contribution >= 0.6 is 0 Å². The van der Waals surface area contributed by atoms with Crippen molar-refractivity contribution >= 4 is 41.8 Å². The lowest BCUT2D eigenvalue weighted by molar-refractivity contribution is -0.363. The number of hydrogen-bond donors (Lipinski definition) is 1. The van der Waals surface area contributed by atoms with Gasteiger partial charge in [-0.05, 0) is 53.5 Å². The van der Waals surface area contributed by atoms with E-state index in [2.05, 4.69) is 0 Å². The molecular weight excluding hydrogens is 1010 g/mol. The minimum atomic E-state index is -2.58. The highest BCUT2D eigenvalue weighted by Crippen LogP contribution is 2.44. The zero-order chi connectivity index (χ0) is 58.1. The molecule has 0 spiro atoms. The minimum Gasteiger partial charge on any atom is -0.462 e. The highest BCUT2D eigenvalue weighted by molar-refractivity contribution is 5.88. The Bertz CT molecular complexity index is 2200. The molecular formula is C56H84O21. The molecule has 3 aliphatic heterocycles. The molecule has 0 radical (unpaired) electrons. The van der Waals surface area contributed by atoms with Gasteiger partial charge in [-0.2, -0.15) is 0 Å². The Balaban J connectivity index is 2.27. The lowest BCUT2D eigenvalue weighted by Crippen LogP contribution is -2.67. The summed E-state index contributed by atoms with van der Waals surface area (Å²) in [6.07, 6.45) is -3.34. The largest absolute Gasteiger partial charge is 0.462 e. The van der Waals surface area contributed by atoms with Crippen molar-refractivity contribution < 1.29 is 100 Å². The summed E-state index contributed by atoms with van der Waals surface area (Å²) < 4.78 is 77.3. The minimum absolute atomic E-state index is 0.0575. The van der Waals surface area contributed by atoms with E-state index in [-0.39, 0.29) is 31.4 Å². The number of aliphatic hydroxyl groups is 1. The number of hydrogen-bond acceptors (Lipinski definition) is 21. The van der Waals surface area contributed by atoms with Gasteiger partial charge < -0.3 is 66.7 Å². The topological polar surface area (TPSA) is 260 Å². The summed E-state index contributed by atoms with van der Waals surface area (Å²) in [6, 6.07) is 0. The molecule has 2 fully saturated rings. The van der Waals surface area contributed by atoms with Crippen molar-refractivity contribution in [3.8, 4) is 0 Å². The summed E-state index contributed by atoms with van der Waals surface area (Å²) >= 11 is 0. The zero-order valence-electron chi connectivity index (χ0n) is 47.8. The molecule has 3 heterocycles. The number of allylic oxidation sites excluding steroid dienone is 7. The average Bonchev–Trinajstić information content (AvgIpc) is 3.31. The monoisotopic (exact) mass is 1090 g/mol. The van der Waals surface area contributed by atoms with E-state index >= 15 is 0 Å². The molecule has 3 rings (SSSR count). The molecule has 0 aliphatic carbocycles. The van der Waals surface area contributed by atoms with Gasteiger partial charge in [-0.25, -0.2) is 4.79 Å². The van der Waals surface area contributed by atoms with E-state index in [1.807, 2.05) is 51.2 Å². The van der Waals surface area contributed by atoms with Gasteiger partial charge in [0.15, 0.2) is 24.6 Å². The van der Waals surface area contributed by atoms with Crippen LogP contribution in [-0.2, 0) is 95.1 Å². The van der Waals surface area contributed by atoms with Crippen LogP contribution in [0, 0.1) is 17.8 Å². The fourth-order valence-corrected chi connectivity index (χ4v) is 10.1. The maximum atomic E-state index is 14.5. The van der Waals surface area contributed by atoms with E-state index in [1.165, 1.54) is 69.8 Å². The van der Waals surface area contributed by atoms with Crippen molar-refractivity contribution in [2.24, 2.45) is 17.8 Å². The third-order valence-electron chi connectivity index (χ3n) is 13.5. The Labute approximate surface area is 453 Å². The van der Waals surface area contributed by atoms with Gasteiger partial charge in [0.25, 0.3) is 0 Å². The zero-order valence-corrected chi connectivity index (χ0v) is 47.8. The van der Waals surface area contributed by atoms with Crippen molar-refractivity contribution in [1.29, 1.82) is 0 Å². The van der Waals surface area contributed by atoms with Crippen LogP contribution in [0.25, 0.3) is 0 Å². The highest BCUT2D eigenvalue weighted by Gasteiger charge is 2.60. The molecule has 3 aliphatic rings. The molecule has 0 amide bonds. The number of carbonyl (C=O) groups is 7. The Morgan fingerprint density at radius 1 is 0.714 bits per heavy atom. The quantitative estimate of drug-likeness (QED) is 0.133. The lowest BCUT2D eigenvalue weighted by atomic mass is 9.75. The number of rotatable bonds is 16. The Morgan fingerprint density at radius 3 is 1.87 bits per heavy atom. The second-order valence-electron chi connectivity index (χ2n) is 20.2. The third kappa shape index (κ3) is 19.8. The fraction of sp³-hybridized carbons (Fsp3) is 0.696. The number of cyclic esters (lactones) is 1. The van der Waals surface area contributed by atoms with Crippen molar-refractivity contribution in [3.05, 3.63) is 58.7 Å². The van der Waals surface area contributed by atoms with Crippen molar-refractivity contribution in [3.63, 3.8) is 0 Å². The summed E-state index contributed by atoms with van der Waals surface area (Å²) in [7, 11) is 4.21. The van der Waals surface area contributed by atoms with Crippen LogP contribution in [0.3, 0.4) is 0 Å². The molecule has 0 aromatic carbocycles. The number of ether oxygens (including phenoxy) is 13. The summed E-state index contributed by atoms with van der Waals surface area (Å²) in [5.41, 5.74) is 2.22. The number of esters is 7. The second kappa shape index (κ2) is 30.7. The Morgan fingerprint density at radius 2 is 1.31 bits per heavy atom. The van der Waals surface area contributed by atoms with Gasteiger partial charge in [0.2, 0.25) is 5.79 Å². The normalized spacial score (nSPS) is 35.8. The van der Waals surface area contributed by atoms with E-state index in [0.717, 1.165) is 18.1 Å². The molecule has 0 bridgehead atoms. The van der Waals surface area contributed by atoms with Crippen LogP contribution in [0.4, 0.5) is 0 Å². The molecule has 434 valence electrons. The van der Waals surface area contributed by atoms with Crippen molar-refractivity contribution in [2.45, 2.75) is 208 Å². The van der Waals surface area contributed by atoms with Crippen LogP contribution in [0.1, 0.15) is 123 Å². The summed E-state index contributed by atoms with van der Waals surface area (Å²) in [5.74, 6) is -9.81. The van der Waals surface area contributed by atoms with Crippen LogP contribution in [0.2, 0.25) is 0 Å². The first-order valence-electron chi connectivity index (χ1n) is 25.9. The molecule has 0 aromatic heterocycles. The van der Waals surface area contributed by atoms with E-state index in [1.54, 1.807) is 26.8 Å². The molecule has 1 N–H and O–H groups in total. The van der Waals surface area contributed by atoms with E-state index in [9.17, 15) is 38.7 Å². The van der Waals surface area contributed by atoms with Gasteiger partial charge in [0, 0.05) is 93.1 Å². The summed E-state index contributed by atoms with van der Waals surface area (Å²) in [4.78, 5) is 90.2. The molecule has 0 aromatic rings. The van der Waals surface area contributed by atoms with Crippen LogP contribution in [-0.4, -0.2) is 160 Å². The molecule has 21 nitrogen and oxygen atoms in total. The smallest absolute Gasteiger partial charge is 0.334 e. The first-order chi connectivity index (χ1) is 36.0. The maximum absolute atomic E-state index is 14.5. The van der Waals surface area contributed by atoms with Gasteiger partial charge in [-0.1, -0.05) is 67.9 Å². The highest BCUT2D eigenvalue weighted by atomic mass is 16.7. The molecule has 17 atom stereocenters. The van der Waals surface area contributed by atoms with Crippen LogP contribution in [0.15, 0.2) is 58.7 Å². The molecule has 0 saturated carbocycles. The average molecular weight is 1090 g/mol. The standard InChI is InChI=1S/C56H84O21/c1-29-19-18-20-45(70-38(10)58)47(66-16)27-48(53(74-42(14)62)56(64)35(7)49(71-39(11)59)34(6)46(77-56)26-43(28-65-15)69-37(9)57)75-54(63)33(5)25-31(3)23-30(2)24-32(4)44(22-21-29)76-55-52(73-41(13)61)51(72-40(12)60)50(67-17)36(8)68-55/h19,21-25,32,34-36,43-53,55,64H,18,20,26-28H2,1-17H3/b22-21+,29-19+,30-24+,31-23+,33-25+/t32-,34+,35-,36+,43-,44-,45-,46-,47+,48+,49+,50+,51-,52+,53-,55+,56-/m1/s1. The first kappa shape index (κ1) is 66.0. The van der Waals surface area contributed by atoms with E-state index in [4.69, 9.17) is 61.6 Å². The third-order valence-corrected chi connectivity index (χ3v) is 13.5. The van der Waals surface area contributed by atoms with E-state index in [0.29, 0.717) is 12.0 Å². The van der Waals surface area contributed by atoms with Gasteiger partial charge in [-0.3, -0.25) is 28.8 Å². The second-order valence-corrected chi connectivity index (χ2v) is 20.2. The maximum Gasteiger partial charge on any atom is 0.334 e. The lowest BCUT2D eigenvalue weighted by Gasteiger charge is -2.52. The van der Waals surface area contributed by atoms with Crippen molar-refractivity contribution in [1.82, 2.24) is 0 Å². The summed E-state index contributed by atoms with van der Waals surface area (Å²) in [6.45, 7) is 21.1. The Hall–Kier alpha value is -5.29. The van der Waals surface area contributed by atoms with Crippen molar-refractivity contribution in [2.75, 3.05) is 27.9 Å². The SMILES string of the molecule is COC[C@@H](C[C@H]1O[C@@](O)([C@H](OC(C)=O)[C@@H]2C[C@H](OC)[C@H](OC(C)=O)CC/C=C(C)/C=C/[C@@H](O[C@@H]3O[C@@H](C)[C@H](OC)[C@@H](OC(C)=O)[C@@H]3OC(C)=O)[C@H](C)/C=C(C)/C=C(C)/C=C(\C)C(=O)O2)[C@H](C)[C@@H](OC(C)=O)[C@H]1C)OC(C)=O. The van der Waals surface area contributed by atoms with Crippen LogP contribution < -0.4 is 0 Å². The number of methoxy groups -OCH3 is 3. The molecule has 0 unspecified atom stereocenters. The Kier molecular flexibility index (Phi) is 26.4. The number of carbonyl (C=O) groups excluding carboxylic acids is 7. The van der Waals surface area contributed by atoms with Gasteiger partial charge in [-0.15, -0.1) is 0 Å². The summed E-state index contributed by atoms with van der Waals surface area (Å²) in [5, 5.41) is 13.1. The van der Waals surface area contributed by atoms with Crippen LogP contribution in [0.5, 0.6) is 0 Å². The molecule has 2 saturated heterocycles. The predicted molar refractivity (Wildman–Crippen MR) is 276 cm³/mol. The van der Waals surface area contributed by atoms with E-state index < -0.39 is 145 Å².